The highest BCUT2D eigenvalue weighted by Gasteiger charge is 2.14. The Labute approximate surface area is 183 Å². The van der Waals surface area contributed by atoms with E-state index in [1.807, 2.05) is 24.3 Å². The molecule has 4 aromatic rings. The van der Waals surface area contributed by atoms with Gasteiger partial charge >= 0.3 is 0 Å². The third-order valence-electron chi connectivity index (χ3n) is 4.92. The van der Waals surface area contributed by atoms with Crippen LogP contribution in [0.2, 0.25) is 5.02 Å². The minimum absolute atomic E-state index is 0.0472. The summed E-state index contributed by atoms with van der Waals surface area (Å²) >= 11 is 6.03. The molecule has 1 heterocycles. The average Bonchev–Trinajstić information content (AvgIpc) is 2.75. The third-order valence-corrected chi connectivity index (χ3v) is 5.27. The molecule has 3 aromatic carbocycles. The summed E-state index contributed by atoms with van der Waals surface area (Å²) in [5.74, 6) is 0.946. The van der Waals surface area contributed by atoms with E-state index in [4.69, 9.17) is 25.5 Å². The van der Waals surface area contributed by atoms with Crippen molar-refractivity contribution in [2.75, 3.05) is 0 Å². The van der Waals surface area contributed by atoms with Gasteiger partial charge in [0.2, 0.25) is 11.2 Å². The summed E-state index contributed by atoms with van der Waals surface area (Å²) in [5.41, 5.74) is 1.31. The van der Waals surface area contributed by atoms with Gasteiger partial charge in [-0.1, -0.05) is 49.7 Å². The van der Waals surface area contributed by atoms with Gasteiger partial charge in [0.25, 0.3) is 0 Å². The summed E-state index contributed by atoms with van der Waals surface area (Å²) in [6, 6.07) is 16.8. The lowest BCUT2D eigenvalue weighted by molar-refractivity contribution is 0.300. The van der Waals surface area contributed by atoms with Gasteiger partial charge in [-0.25, -0.2) is 4.39 Å². The second kappa shape index (κ2) is 8.82. The van der Waals surface area contributed by atoms with Gasteiger partial charge in [0.1, 0.15) is 35.8 Å². The Morgan fingerprint density at radius 1 is 1.03 bits per heavy atom. The molecule has 1 aromatic heterocycles. The lowest BCUT2D eigenvalue weighted by Gasteiger charge is -2.13. The maximum Gasteiger partial charge on any atom is 0.235 e. The van der Waals surface area contributed by atoms with Gasteiger partial charge in [-0.15, -0.1) is 0 Å². The molecule has 0 radical (unpaired) electrons. The Balaban J connectivity index is 1.59. The third kappa shape index (κ3) is 4.42. The highest BCUT2D eigenvalue weighted by atomic mass is 35.5. The van der Waals surface area contributed by atoms with Crippen LogP contribution in [0.4, 0.5) is 4.39 Å². The Morgan fingerprint density at radius 2 is 1.84 bits per heavy atom. The predicted molar refractivity (Wildman–Crippen MR) is 119 cm³/mol. The zero-order valence-corrected chi connectivity index (χ0v) is 17.8. The molecule has 0 N–H and O–H groups in total. The molecule has 0 aliphatic heterocycles. The largest absolute Gasteiger partial charge is 0.489 e. The van der Waals surface area contributed by atoms with Crippen molar-refractivity contribution in [2.45, 2.75) is 26.4 Å². The molecule has 4 rings (SSSR count). The first kappa shape index (κ1) is 20.9. The molecule has 31 heavy (non-hydrogen) atoms. The summed E-state index contributed by atoms with van der Waals surface area (Å²) in [6.45, 7) is 4.07. The van der Waals surface area contributed by atoms with Crippen LogP contribution in [0.15, 0.2) is 76.1 Å². The summed E-state index contributed by atoms with van der Waals surface area (Å²) in [6.07, 6.45) is 1.29. The van der Waals surface area contributed by atoms with Gasteiger partial charge in [0.15, 0.2) is 0 Å². The van der Waals surface area contributed by atoms with E-state index in [-0.39, 0.29) is 34.3 Å². The molecule has 0 aliphatic carbocycles. The average molecular weight is 439 g/mol. The Morgan fingerprint density at radius 3 is 2.61 bits per heavy atom. The number of hydrogen-bond donors (Lipinski definition) is 0. The van der Waals surface area contributed by atoms with E-state index in [1.54, 1.807) is 24.3 Å². The van der Waals surface area contributed by atoms with E-state index in [9.17, 15) is 9.18 Å². The zero-order valence-electron chi connectivity index (χ0n) is 17.0. The van der Waals surface area contributed by atoms with Gasteiger partial charge in [-0.3, -0.25) is 4.79 Å². The van der Waals surface area contributed by atoms with Crippen molar-refractivity contribution in [2.24, 2.45) is 0 Å². The Bertz CT molecular complexity index is 1280. The topological polar surface area (TPSA) is 48.7 Å². The second-order valence-corrected chi connectivity index (χ2v) is 7.78. The van der Waals surface area contributed by atoms with Crippen molar-refractivity contribution < 1.29 is 18.3 Å². The molecular formula is C25H20ClFO4. The van der Waals surface area contributed by atoms with E-state index in [1.165, 1.54) is 18.4 Å². The maximum atomic E-state index is 13.9. The zero-order chi connectivity index (χ0) is 22.0. The highest BCUT2D eigenvalue weighted by Crippen LogP contribution is 2.30. The van der Waals surface area contributed by atoms with Gasteiger partial charge in [0.05, 0.1) is 10.4 Å². The van der Waals surface area contributed by atoms with Crippen LogP contribution in [0.3, 0.4) is 0 Å². The van der Waals surface area contributed by atoms with Crippen molar-refractivity contribution in [3.63, 3.8) is 0 Å². The fraction of sp³-hybridized carbons (Fsp3) is 0.160. The van der Waals surface area contributed by atoms with Crippen LogP contribution in [0, 0.1) is 5.82 Å². The number of rotatable bonds is 6. The lowest BCUT2D eigenvalue weighted by Crippen LogP contribution is -2.06. The Hall–Kier alpha value is -3.31. The van der Waals surface area contributed by atoms with Gasteiger partial charge in [-0.2, -0.15) is 0 Å². The van der Waals surface area contributed by atoms with E-state index >= 15 is 0 Å². The lowest BCUT2D eigenvalue weighted by atomic mass is 10.0. The number of ether oxygens (including phenoxy) is 2. The first-order valence-electron chi connectivity index (χ1n) is 9.82. The normalized spacial score (nSPS) is 11.1. The molecule has 158 valence electrons. The van der Waals surface area contributed by atoms with Crippen LogP contribution >= 0.6 is 11.6 Å². The highest BCUT2D eigenvalue weighted by molar-refractivity contribution is 6.31. The summed E-state index contributed by atoms with van der Waals surface area (Å²) in [7, 11) is 0. The minimum atomic E-state index is -0.441. The van der Waals surface area contributed by atoms with Crippen molar-refractivity contribution in [1.82, 2.24) is 0 Å². The molecule has 0 unspecified atom stereocenters. The van der Waals surface area contributed by atoms with Gasteiger partial charge in [0, 0.05) is 11.6 Å². The fourth-order valence-corrected chi connectivity index (χ4v) is 3.46. The van der Waals surface area contributed by atoms with E-state index < -0.39 is 5.82 Å². The SMILES string of the molecule is CC(C)c1ccccc1Oc1coc2cc(OCc3c(F)cccc3Cl)ccc2c1=O. The van der Waals surface area contributed by atoms with Crippen molar-refractivity contribution in [3.05, 3.63) is 99.1 Å². The maximum absolute atomic E-state index is 13.9. The molecule has 0 saturated heterocycles. The van der Waals surface area contributed by atoms with E-state index in [2.05, 4.69) is 13.8 Å². The summed E-state index contributed by atoms with van der Waals surface area (Å²) < 4.78 is 31.1. The minimum Gasteiger partial charge on any atom is -0.489 e. The second-order valence-electron chi connectivity index (χ2n) is 7.37. The first-order chi connectivity index (χ1) is 14.9. The molecule has 0 spiro atoms. The van der Waals surface area contributed by atoms with Crippen LogP contribution in [0.25, 0.3) is 11.0 Å². The van der Waals surface area contributed by atoms with Crippen LogP contribution in [0.5, 0.6) is 17.2 Å². The number of fused-ring (bicyclic) bond motifs is 1. The Kier molecular flexibility index (Phi) is 5.96. The molecule has 0 bridgehead atoms. The molecule has 6 heteroatoms. The van der Waals surface area contributed by atoms with Crippen molar-refractivity contribution >= 4 is 22.6 Å². The number of para-hydroxylation sites is 1. The molecule has 4 nitrogen and oxygen atoms in total. The molecule has 0 saturated carbocycles. The van der Waals surface area contributed by atoms with E-state index in [0.29, 0.717) is 22.5 Å². The monoisotopic (exact) mass is 438 g/mol. The van der Waals surface area contributed by atoms with E-state index in [0.717, 1.165) is 5.56 Å². The smallest absolute Gasteiger partial charge is 0.235 e. The predicted octanol–water partition coefficient (Wildman–Crippen LogP) is 7.08. The van der Waals surface area contributed by atoms with Crippen molar-refractivity contribution in [3.8, 4) is 17.2 Å². The molecule has 0 amide bonds. The standard InChI is InChI=1S/C25H20ClFO4/c1-15(2)17-6-3-4-9-22(17)31-24-14-30-23-12-16(10-11-18(23)25(24)28)29-13-19-20(26)7-5-8-21(19)27/h3-12,14-15H,13H2,1-2H3. The van der Waals surface area contributed by atoms with Gasteiger partial charge < -0.3 is 13.9 Å². The fourth-order valence-electron chi connectivity index (χ4n) is 3.25. The number of hydrogen-bond acceptors (Lipinski definition) is 4. The molecular weight excluding hydrogens is 419 g/mol. The van der Waals surface area contributed by atoms with Crippen LogP contribution in [0.1, 0.15) is 30.9 Å². The number of benzene rings is 3. The number of halogens is 2. The quantitative estimate of drug-likeness (QED) is 0.322. The van der Waals surface area contributed by atoms with Crippen molar-refractivity contribution in [1.29, 1.82) is 0 Å². The van der Waals surface area contributed by atoms with Crippen LogP contribution in [-0.4, -0.2) is 0 Å². The van der Waals surface area contributed by atoms with Crippen LogP contribution in [-0.2, 0) is 6.61 Å². The first-order valence-corrected chi connectivity index (χ1v) is 10.2. The van der Waals surface area contributed by atoms with Crippen LogP contribution < -0.4 is 14.9 Å². The summed E-state index contributed by atoms with van der Waals surface area (Å²) in [4.78, 5) is 12.9. The molecule has 0 atom stereocenters. The molecule has 0 aliphatic rings. The summed E-state index contributed by atoms with van der Waals surface area (Å²) in [5, 5.41) is 0.645. The molecule has 0 fully saturated rings. The van der Waals surface area contributed by atoms with Gasteiger partial charge in [-0.05, 0) is 41.8 Å².